The molecule has 0 radical (unpaired) electrons. The number of aryl methyl sites for hydroxylation is 1. The summed E-state index contributed by atoms with van der Waals surface area (Å²) in [6.45, 7) is 1.86. The van der Waals surface area contributed by atoms with E-state index in [1.54, 1.807) is 0 Å². The number of hydrogen-bond donors (Lipinski definition) is 2. The fourth-order valence-corrected chi connectivity index (χ4v) is 1.80. The van der Waals surface area contributed by atoms with Crippen LogP contribution < -0.4 is 5.73 Å². The normalized spacial score (nSPS) is 33.1. The fourth-order valence-electron chi connectivity index (χ4n) is 1.80. The Kier molecular flexibility index (Phi) is 1.68. The molecule has 72 valence electrons. The fraction of sp³-hybridized carbons (Fsp3) is 0.750. The summed E-state index contributed by atoms with van der Waals surface area (Å²) in [5.41, 5.74) is 4.79. The largest absolute Gasteiger partial charge is 0.382 e. The summed E-state index contributed by atoms with van der Waals surface area (Å²) >= 11 is 0. The van der Waals surface area contributed by atoms with E-state index < -0.39 is 5.60 Å². The summed E-state index contributed by atoms with van der Waals surface area (Å²) in [5, 5.41) is 17.9. The maximum Gasteiger partial charge on any atom is 0.164 e. The monoisotopic (exact) mass is 182 g/mol. The van der Waals surface area contributed by atoms with Gasteiger partial charge in [0.15, 0.2) is 5.82 Å². The van der Waals surface area contributed by atoms with Gasteiger partial charge in [-0.05, 0) is 19.8 Å². The van der Waals surface area contributed by atoms with E-state index >= 15 is 0 Å². The van der Waals surface area contributed by atoms with E-state index in [1.807, 2.05) is 18.5 Å². The number of nitrogens with two attached hydrogens (primary N) is 1. The first-order valence-corrected chi connectivity index (χ1v) is 4.37. The summed E-state index contributed by atoms with van der Waals surface area (Å²) in [6.07, 6.45) is 1.16. The van der Waals surface area contributed by atoms with E-state index in [4.69, 9.17) is 5.73 Å². The van der Waals surface area contributed by atoms with Crippen molar-refractivity contribution in [2.24, 2.45) is 12.8 Å². The molecule has 0 atom stereocenters. The second-order valence-corrected chi connectivity index (χ2v) is 3.83. The molecule has 13 heavy (non-hydrogen) atoms. The zero-order valence-electron chi connectivity index (χ0n) is 7.86. The summed E-state index contributed by atoms with van der Waals surface area (Å²) in [5.74, 6) is 1.44. The Balaban J connectivity index is 2.31. The van der Waals surface area contributed by atoms with Gasteiger partial charge < -0.3 is 15.4 Å². The molecular formula is C8H14N4O. The molecule has 1 saturated carbocycles. The topological polar surface area (TPSA) is 77.0 Å². The summed E-state index contributed by atoms with van der Waals surface area (Å²) in [6, 6.07) is 0.0991. The maximum absolute atomic E-state index is 10.0. The average molecular weight is 182 g/mol. The Labute approximate surface area is 76.6 Å². The Morgan fingerprint density at radius 3 is 2.54 bits per heavy atom. The standard InChI is InChI=1S/C8H14N4O/c1-5-10-11-7(12(5)2)8(13)3-6(9)4-8/h6,13H,3-4,9H2,1-2H3. The van der Waals surface area contributed by atoms with E-state index in [0.717, 1.165) is 5.82 Å². The van der Waals surface area contributed by atoms with Gasteiger partial charge in [0.25, 0.3) is 0 Å². The maximum atomic E-state index is 10.0. The van der Waals surface area contributed by atoms with Crippen LogP contribution in [0.5, 0.6) is 0 Å². The number of rotatable bonds is 1. The van der Waals surface area contributed by atoms with E-state index in [-0.39, 0.29) is 6.04 Å². The van der Waals surface area contributed by atoms with Gasteiger partial charge in [0.05, 0.1) is 0 Å². The predicted molar refractivity (Wildman–Crippen MR) is 46.8 cm³/mol. The van der Waals surface area contributed by atoms with Gasteiger partial charge in [-0.15, -0.1) is 10.2 Å². The van der Waals surface area contributed by atoms with Crippen molar-refractivity contribution in [3.63, 3.8) is 0 Å². The lowest BCUT2D eigenvalue weighted by molar-refractivity contribution is -0.0622. The molecule has 2 rings (SSSR count). The first-order valence-electron chi connectivity index (χ1n) is 4.37. The first kappa shape index (κ1) is 8.65. The highest BCUT2D eigenvalue weighted by Crippen LogP contribution is 2.39. The van der Waals surface area contributed by atoms with Gasteiger partial charge in [0.1, 0.15) is 11.4 Å². The Hall–Kier alpha value is -0.940. The van der Waals surface area contributed by atoms with Crippen molar-refractivity contribution in [2.75, 3.05) is 0 Å². The third kappa shape index (κ3) is 1.15. The summed E-state index contributed by atoms with van der Waals surface area (Å²) in [4.78, 5) is 0. The highest BCUT2D eigenvalue weighted by molar-refractivity contribution is 5.12. The number of aliphatic hydroxyl groups is 1. The van der Waals surface area contributed by atoms with Crippen LogP contribution in [0.1, 0.15) is 24.5 Å². The minimum Gasteiger partial charge on any atom is -0.382 e. The summed E-state index contributed by atoms with van der Waals surface area (Å²) < 4.78 is 1.81. The molecule has 0 saturated heterocycles. The molecule has 1 aliphatic rings. The smallest absolute Gasteiger partial charge is 0.164 e. The molecule has 1 aromatic rings. The molecule has 5 nitrogen and oxygen atoms in total. The molecule has 0 bridgehead atoms. The van der Waals surface area contributed by atoms with Crippen LogP contribution in [-0.2, 0) is 12.6 Å². The van der Waals surface area contributed by atoms with Crippen LogP contribution in [-0.4, -0.2) is 25.9 Å². The molecule has 0 aromatic carbocycles. The van der Waals surface area contributed by atoms with Crippen LogP contribution in [0.4, 0.5) is 0 Å². The first-order chi connectivity index (χ1) is 6.03. The third-order valence-corrected chi connectivity index (χ3v) is 2.71. The number of hydrogen-bond acceptors (Lipinski definition) is 4. The van der Waals surface area contributed by atoms with Crippen LogP contribution in [0.15, 0.2) is 0 Å². The zero-order valence-corrected chi connectivity index (χ0v) is 7.86. The Morgan fingerprint density at radius 1 is 1.54 bits per heavy atom. The van der Waals surface area contributed by atoms with Crippen LogP contribution in [0.25, 0.3) is 0 Å². The van der Waals surface area contributed by atoms with Gasteiger partial charge in [0.2, 0.25) is 0 Å². The second kappa shape index (κ2) is 2.52. The average Bonchev–Trinajstić information content (AvgIpc) is 2.30. The van der Waals surface area contributed by atoms with Crippen molar-refractivity contribution in [2.45, 2.75) is 31.4 Å². The van der Waals surface area contributed by atoms with Gasteiger partial charge in [-0.25, -0.2) is 0 Å². The van der Waals surface area contributed by atoms with Crippen LogP contribution >= 0.6 is 0 Å². The van der Waals surface area contributed by atoms with Crippen molar-refractivity contribution in [3.05, 3.63) is 11.6 Å². The minimum absolute atomic E-state index is 0.0991. The SMILES string of the molecule is Cc1nnc(C2(O)CC(N)C2)n1C. The van der Waals surface area contributed by atoms with Crippen LogP contribution in [0.3, 0.4) is 0 Å². The molecule has 0 unspecified atom stereocenters. The van der Waals surface area contributed by atoms with Gasteiger partial charge in [-0.3, -0.25) is 0 Å². The van der Waals surface area contributed by atoms with Crippen LogP contribution in [0.2, 0.25) is 0 Å². The quantitative estimate of drug-likeness (QED) is 0.610. The highest BCUT2D eigenvalue weighted by atomic mass is 16.3. The molecule has 5 heteroatoms. The van der Waals surface area contributed by atoms with Gasteiger partial charge >= 0.3 is 0 Å². The molecule has 0 amide bonds. The predicted octanol–water partition coefficient (Wildman–Crippen LogP) is -0.568. The van der Waals surface area contributed by atoms with Gasteiger partial charge in [-0.1, -0.05) is 0 Å². The van der Waals surface area contributed by atoms with Crippen molar-refractivity contribution in [1.29, 1.82) is 0 Å². The molecule has 1 aliphatic carbocycles. The van der Waals surface area contributed by atoms with Crippen molar-refractivity contribution >= 4 is 0 Å². The summed E-state index contributed by atoms with van der Waals surface area (Å²) in [7, 11) is 1.85. The van der Waals surface area contributed by atoms with E-state index in [2.05, 4.69) is 10.2 Å². The lowest BCUT2D eigenvalue weighted by Crippen LogP contribution is -2.50. The van der Waals surface area contributed by atoms with E-state index in [9.17, 15) is 5.11 Å². The lowest BCUT2D eigenvalue weighted by Gasteiger charge is -2.40. The third-order valence-electron chi connectivity index (χ3n) is 2.71. The second-order valence-electron chi connectivity index (χ2n) is 3.83. The van der Waals surface area contributed by atoms with Gasteiger partial charge in [0, 0.05) is 13.1 Å². The molecule has 0 aliphatic heterocycles. The van der Waals surface area contributed by atoms with Crippen molar-refractivity contribution < 1.29 is 5.11 Å². The molecule has 3 N–H and O–H groups in total. The minimum atomic E-state index is -0.838. The highest BCUT2D eigenvalue weighted by Gasteiger charge is 2.45. The number of aromatic nitrogens is 3. The van der Waals surface area contributed by atoms with Crippen LogP contribution in [0, 0.1) is 6.92 Å². The Morgan fingerprint density at radius 2 is 2.15 bits per heavy atom. The molecule has 1 heterocycles. The zero-order chi connectivity index (χ0) is 9.64. The molecular weight excluding hydrogens is 168 g/mol. The van der Waals surface area contributed by atoms with Gasteiger partial charge in [-0.2, -0.15) is 0 Å². The molecule has 1 aromatic heterocycles. The molecule has 0 spiro atoms. The van der Waals surface area contributed by atoms with E-state index in [0.29, 0.717) is 18.7 Å². The Bertz CT molecular complexity index is 327. The number of nitrogens with zero attached hydrogens (tertiary/aromatic N) is 3. The van der Waals surface area contributed by atoms with Crippen molar-refractivity contribution in [3.8, 4) is 0 Å². The molecule has 1 fully saturated rings. The van der Waals surface area contributed by atoms with E-state index in [1.165, 1.54) is 0 Å². The van der Waals surface area contributed by atoms with Crippen molar-refractivity contribution in [1.82, 2.24) is 14.8 Å². The lowest BCUT2D eigenvalue weighted by atomic mass is 9.75.